The molecule has 1 unspecified atom stereocenters. The molecule has 0 aromatic rings. The normalized spacial score (nSPS) is 15.5. The Bertz CT molecular complexity index is 192. The molecular formula is C10H19ClO2. The Morgan fingerprint density at radius 1 is 1.31 bits per heavy atom. The fraction of sp³-hybridized carbons (Fsp3) is 0.900. The first-order chi connectivity index (χ1) is 5.64. The van der Waals surface area contributed by atoms with Crippen LogP contribution in [-0.2, 0) is 4.79 Å². The average molecular weight is 207 g/mol. The first-order valence-corrected chi connectivity index (χ1v) is 4.97. The Hall–Kier alpha value is -0.240. The molecule has 0 spiro atoms. The number of halogens is 1. The molecule has 78 valence electrons. The Balaban J connectivity index is 4.88. The maximum atomic E-state index is 11.0. The minimum absolute atomic E-state index is 0.0285. The van der Waals surface area contributed by atoms with Gasteiger partial charge in [0.15, 0.2) is 0 Å². The SMILES string of the molecule is CC(C)(C)C(CCl)C(C)(C)C(=O)O. The summed E-state index contributed by atoms with van der Waals surface area (Å²) in [6.45, 7) is 9.52. The summed E-state index contributed by atoms with van der Waals surface area (Å²) in [6, 6.07) is 0. The zero-order valence-electron chi connectivity index (χ0n) is 9.02. The van der Waals surface area contributed by atoms with Gasteiger partial charge in [-0.05, 0) is 25.2 Å². The summed E-state index contributed by atoms with van der Waals surface area (Å²) in [5.74, 6) is -0.435. The second kappa shape index (κ2) is 3.87. The van der Waals surface area contributed by atoms with Gasteiger partial charge in [-0.3, -0.25) is 4.79 Å². The Labute approximate surface area is 85.3 Å². The van der Waals surface area contributed by atoms with E-state index in [2.05, 4.69) is 0 Å². The summed E-state index contributed by atoms with van der Waals surface area (Å²) in [4.78, 5) is 11.0. The molecule has 0 heterocycles. The minimum Gasteiger partial charge on any atom is -0.481 e. The highest BCUT2D eigenvalue weighted by Crippen LogP contribution is 2.40. The van der Waals surface area contributed by atoms with Crippen LogP contribution in [-0.4, -0.2) is 17.0 Å². The highest BCUT2D eigenvalue weighted by molar-refractivity contribution is 6.18. The van der Waals surface area contributed by atoms with Crippen LogP contribution >= 0.6 is 11.6 Å². The summed E-state index contributed by atoms with van der Waals surface area (Å²) >= 11 is 5.82. The van der Waals surface area contributed by atoms with E-state index in [4.69, 9.17) is 16.7 Å². The van der Waals surface area contributed by atoms with Crippen LogP contribution in [0.4, 0.5) is 0 Å². The highest BCUT2D eigenvalue weighted by Gasteiger charge is 2.42. The number of alkyl halides is 1. The molecule has 0 aromatic carbocycles. The van der Waals surface area contributed by atoms with Crippen molar-refractivity contribution in [3.8, 4) is 0 Å². The number of hydrogen-bond acceptors (Lipinski definition) is 1. The van der Waals surface area contributed by atoms with E-state index < -0.39 is 11.4 Å². The van der Waals surface area contributed by atoms with E-state index in [0.717, 1.165) is 0 Å². The van der Waals surface area contributed by atoms with Gasteiger partial charge in [-0.1, -0.05) is 20.8 Å². The van der Waals surface area contributed by atoms with Crippen molar-refractivity contribution in [3.05, 3.63) is 0 Å². The molecule has 3 heteroatoms. The molecular weight excluding hydrogens is 188 g/mol. The van der Waals surface area contributed by atoms with Gasteiger partial charge in [0.25, 0.3) is 0 Å². The van der Waals surface area contributed by atoms with E-state index in [1.807, 2.05) is 20.8 Å². The molecule has 2 nitrogen and oxygen atoms in total. The molecule has 0 bridgehead atoms. The molecule has 0 amide bonds. The van der Waals surface area contributed by atoms with E-state index in [0.29, 0.717) is 5.88 Å². The quantitative estimate of drug-likeness (QED) is 0.721. The number of carboxylic acids is 1. The van der Waals surface area contributed by atoms with Crippen molar-refractivity contribution in [2.24, 2.45) is 16.7 Å². The monoisotopic (exact) mass is 206 g/mol. The smallest absolute Gasteiger partial charge is 0.309 e. The van der Waals surface area contributed by atoms with Gasteiger partial charge in [0.2, 0.25) is 0 Å². The number of carboxylic acid groups (broad SMARTS) is 1. The molecule has 0 aliphatic carbocycles. The Morgan fingerprint density at radius 2 is 1.69 bits per heavy atom. The standard InChI is InChI=1S/C10H19ClO2/c1-9(2,3)7(6-11)10(4,5)8(12)13/h7H,6H2,1-5H3,(H,12,13). The average Bonchev–Trinajstić information content (AvgIpc) is 1.83. The molecule has 0 saturated heterocycles. The summed E-state index contributed by atoms with van der Waals surface area (Å²) in [7, 11) is 0. The molecule has 0 aliphatic heterocycles. The molecule has 0 saturated carbocycles. The van der Waals surface area contributed by atoms with Gasteiger partial charge in [0.1, 0.15) is 0 Å². The van der Waals surface area contributed by atoms with Gasteiger partial charge in [-0.25, -0.2) is 0 Å². The molecule has 1 atom stereocenters. The Kier molecular flexibility index (Phi) is 3.80. The van der Waals surface area contributed by atoms with Crippen molar-refractivity contribution >= 4 is 17.6 Å². The molecule has 0 aromatic heterocycles. The van der Waals surface area contributed by atoms with Crippen LogP contribution in [0.2, 0.25) is 0 Å². The second-order valence-corrected chi connectivity index (χ2v) is 5.41. The maximum Gasteiger partial charge on any atom is 0.309 e. The van der Waals surface area contributed by atoms with Gasteiger partial charge >= 0.3 is 5.97 Å². The predicted octanol–water partition coefficient (Wildman–Crippen LogP) is 3.00. The fourth-order valence-corrected chi connectivity index (χ4v) is 2.50. The first-order valence-electron chi connectivity index (χ1n) is 4.43. The third-order valence-corrected chi connectivity index (χ3v) is 2.93. The van der Waals surface area contributed by atoms with Gasteiger partial charge in [-0.2, -0.15) is 0 Å². The fourth-order valence-electron chi connectivity index (χ4n) is 1.66. The minimum atomic E-state index is -0.784. The summed E-state index contributed by atoms with van der Waals surface area (Å²) in [6.07, 6.45) is 0. The van der Waals surface area contributed by atoms with Gasteiger partial charge in [0.05, 0.1) is 5.41 Å². The third-order valence-electron chi connectivity index (χ3n) is 2.62. The van der Waals surface area contributed by atoms with Gasteiger partial charge in [0, 0.05) is 5.88 Å². The zero-order valence-corrected chi connectivity index (χ0v) is 9.77. The molecule has 0 fully saturated rings. The first kappa shape index (κ1) is 12.8. The maximum absolute atomic E-state index is 11.0. The van der Waals surface area contributed by atoms with Crippen molar-refractivity contribution in [3.63, 3.8) is 0 Å². The Morgan fingerprint density at radius 3 is 1.77 bits per heavy atom. The lowest BCUT2D eigenvalue weighted by Crippen LogP contribution is -2.41. The zero-order chi connectivity index (χ0) is 10.9. The molecule has 0 rings (SSSR count). The topological polar surface area (TPSA) is 37.3 Å². The third kappa shape index (κ3) is 2.87. The van der Waals surface area contributed by atoms with Crippen molar-refractivity contribution in [2.45, 2.75) is 34.6 Å². The predicted molar refractivity (Wildman–Crippen MR) is 55.1 cm³/mol. The number of rotatable bonds is 3. The van der Waals surface area contributed by atoms with Crippen LogP contribution in [0.3, 0.4) is 0 Å². The molecule has 13 heavy (non-hydrogen) atoms. The largest absolute Gasteiger partial charge is 0.481 e. The number of hydrogen-bond donors (Lipinski definition) is 1. The van der Waals surface area contributed by atoms with E-state index in [1.165, 1.54) is 0 Å². The van der Waals surface area contributed by atoms with Gasteiger partial charge in [-0.15, -0.1) is 11.6 Å². The lowest BCUT2D eigenvalue weighted by molar-refractivity contribution is -0.152. The van der Waals surface area contributed by atoms with Crippen LogP contribution in [0.5, 0.6) is 0 Å². The van der Waals surface area contributed by atoms with Gasteiger partial charge < -0.3 is 5.11 Å². The van der Waals surface area contributed by atoms with Crippen molar-refractivity contribution < 1.29 is 9.90 Å². The van der Waals surface area contributed by atoms with E-state index in [-0.39, 0.29) is 11.3 Å². The molecule has 0 aliphatic rings. The summed E-state index contributed by atoms with van der Waals surface area (Å²) < 4.78 is 0. The number of carbonyl (C=O) groups is 1. The van der Waals surface area contributed by atoms with Crippen LogP contribution in [0, 0.1) is 16.7 Å². The number of aliphatic carboxylic acids is 1. The van der Waals surface area contributed by atoms with Crippen LogP contribution in [0.1, 0.15) is 34.6 Å². The van der Waals surface area contributed by atoms with E-state index >= 15 is 0 Å². The van der Waals surface area contributed by atoms with Crippen molar-refractivity contribution in [2.75, 3.05) is 5.88 Å². The van der Waals surface area contributed by atoms with Crippen LogP contribution in [0.15, 0.2) is 0 Å². The lowest BCUT2D eigenvalue weighted by atomic mass is 9.67. The summed E-state index contributed by atoms with van der Waals surface area (Å²) in [5, 5.41) is 9.05. The van der Waals surface area contributed by atoms with Crippen molar-refractivity contribution in [1.82, 2.24) is 0 Å². The van der Waals surface area contributed by atoms with Crippen LogP contribution < -0.4 is 0 Å². The van der Waals surface area contributed by atoms with Crippen molar-refractivity contribution in [1.29, 1.82) is 0 Å². The summed E-state index contributed by atoms with van der Waals surface area (Å²) in [5.41, 5.74) is -0.844. The van der Waals surface area contributed by atoms with E-state index in [9.17, 15) is 4.79 Å². The lowest BCUT2D eigenvalue weighted by Gasteiger charge is -2.38. The highest BCUT2D eigenvalue weighted by atomic mass is 35.5. The van der Waals surface area contributed by atoms with Crippen LogP contribution in [0.25, 0.3) is 0 Å². The molecule has 1 N–H and O–H groups in total. The second-order valence-electron chi connectivity index (χ2n) is 5.10. The molecule has 0 radical (unpaired) electrons. The van der Waals surface area contributed by atoms with E-state index in [1.54, 1.807) is 13.8 Å².